The van der Waals surface area contributed by atoms with Gasteiger partial charge in [0.2, 0.25) is 0 Å². The molecule has 0 atom stereocenters. The maximum atomic E-state index is 12.1. The molecule has 0 saturated carbocycles. The molecule has 0 unspecified atom stereocenters. The molecule has 8 heteroatoms. The van der Waals surface area contributed by atoms with E-state index in [0.717, 1.165) is 5.56 Å². The highest BCUT2D eigenvalue weighted by molar-refractivity contribution is 6.40. The number of benzene rings is 3. The predicted octanol–water partition coefficient (Wildman–Crippen LogP) is 4.02. The largest absolute Gasteiger partial charge is 0.495 e. The minimum Gasteiger partial charge on any atom is -0.495 e. The molecule has 0 bridgehead atoms. The van der Waals surface area contributed by atoms with Crippen LogP contribution in [0.25, 0.3) is 0 Å². The Morgan fingerprint density at radius 3 is 2.48 bits per heavy atom. The number of carbonyl (C=O) groups is 2. The van der Waals surface area contributed by atoms with Crippen molar-refractivity contribution in [3.63, 3.8) is 0 Å². The van der Waals surface area contributed by atoms with Gasteiger partial charge in [0.05, 0.1) is 19.0 Å². The summed E-state index contributed by atoms with van der Waals surface area (Å²) in [5.74, 6) is -0.886. The van der Waals surface area contributed by atoms with Gasteiger partial charge >= 0.3 is 11.8 Å². The van der Waals surface area contributed by atoms with Crippen LogP contribution < -0.4 is 20.2 Å². The molecule has 0 radical (unpaired) electrons. The maximum Gasteiger partial charge on any atom is 0.329 e. The molecule has 3 aromatic carbocycles. The van der Waals surface area contributed by atoms with Gasteiger partial charge in [-0.1, -0.05) is 54.1 Å². The van der Waals surface area contributed by atoms with E-state index in [9.17, 15) is 9.59 Å². The van der Waals surface area contributed by atoms with Crippen molar-refractivity contribution in [2.75, 3.05) is 12.4 Å². The number of amides is 2. The second-order valence-corrected chi connectivity index (χ2v) is 6.75. The van der Waals surface area contributed by atoms with Crippen LogP contribution in [-0.4, -0.2) is 25.1 Å². The van der Waals surface area contributed by atoms with Gasteiger partial charge in [0, 0.05) is 10.6 Å². The molecule has 0 aliphatic carbocycles. The van der Waals surface area contributed by atoms with Crippen molar-refractivity contribution in [3.05, 3.63) is 88.9 Å². The van der Waals surface area contributed by atoms with Gasteiger partial charge < -0.3 is 14.8 Å². The fourth-order valence-corrected chi connectivity index (χ4v) is 2.79. The normalized spacial score (nSPS) is 10.5. The van der Waals surface area contributed by atoms with Gasteiger partial charge in [0.1, 0.15) is 18.1 Å². The van der Waals surface area contributed by atoms with E-state index in [1.807, 2.05) is 42.5 Å². The molecular weight excluding hydrogens is 418 g/mol. The van der Waals surface area contributed by atoms with E-state index in [0.29, 0.717) is 28.7 Å². The van der Waals surface area contributed by atoms with Gasteiger partial charge in [-0.3, -0.25) is 9.59 Å². The lowest BCUT2D eigenvalue weighted by molar-refractivity contribution is -0.136. The molecule has 0 aromatic heterocycles. The van der Waals surface area contributed by atoms with E-state index < -0.39 is 11.8 Å². The minimum atomic E-state index is -0.944. The molecule has 0 spiro atoms. The molecule has 3 aromatic rings. The summed E-state index contributed by atoms with van der Waals surface area (Å²) in [4.78, 5) is 24.2. The Morgan fingerprint density at radius 1 is 0.968 bits per heavy atom. The molecule has 0 saturated heterocycles. The summed E-state index contributed by atoms with van der Waals surface area (Å²) in [6.45, 7) is 0.391. The first kappa shape index (κ1) is 21.9. The molecule has 0 aliphatic heterocycles. The molecule has 0 aliphatic rings. The van der Waals surface area contributed by atoms with Crippen LogP contribution in [0.5, 0.6) is 11.5 Å². The summed E-state index contributed by atoms with van der Waals surface area (Å²) < 4.78 is 11.0. The number of hydrogen-bond donors (Lipinski definition) is 2. The lowest BCUT2D eigenvalue weighted by atomic mass is 10.2. The lowest BCUT2D eigenvalue weighted by Crippen LogP contribution is -2.32. The standard InChI is InChI=1S/C23H20ClN3O4/c1-30-21-12-11-18(24)13-19(21)26-22(28)23(29)27-25-14-17-9-5-6-10-20(17)31-15-16-7-3-2-4-8-16/h2-14H,15H2,1H3,(H,26,28)(H,27,29)/b25-14-. The highest BCUT2D eigenvalue weighted by Crippen LogP contribution is 2.27. The number of hydrazone groups is 1. The summed E-state index contributed by atoms with van der Waals surface area (Å²) in [6, 6.07) is 21.6. The molecule has 3 rings (SSSR count). The molecule has 7 nitrogen and oxygen atoms in total. The molecule has 0 heterocycles. The highest BCUT2D eigenvalue weighted by atomic mass is 35.5. The molecule has 0 fully saturated rings. The Balaban J connectivity index is 1.59. The Bertz CT molecular complexity index is 1090. The van der Waals surface area contributed by atoms with Gasteiger partial charge in [-0.15, -0.1) is 0 Å². The van der Waals surface area contributed by atoms with Crippen molar-refractivity contribution in [1.82, 2.24) is 5.43 Å². The lowest BCUT2D eigenvalue weighted by Gasteiger charge is -2.10. The third-order valence-electron chi connectivity index (χ3n) is 4.14. The second-order valence-electron chi connectivity index (χ2n) is 6.31. The van der Waals surface area contributed by atoms with E-state index in [2.05, 4.69) is 15.8 Å². The first-order valence-corrected chi connectivity index (χ1v) is 9.68. The zero-order valence-electron chi connectivity index (χ0n) is 16.7. The first-order chi connectivity index (χ1) is 15.1. The molecule has 158 valence electrons. The van der Waals surface area contributed by atoms with E-state index in [1.54, 1.807) is 24.3 Å². The third-order valence-corrected chi connectivity index (χ3v) is 4.38. The summed E-state index contributed by atoms with van der Waals surface area (Å²) in [6.07, 6.45) is 1.41. The SMILES string of the molecule is COc1ccc(Cl)cc1NC(=O)C(=O)N/N=C\c1ccccc1OCc1ccccc1. The number of anilines is 1. The first-order valence-electron chi connectivity index (χ1n) is 9.30. The van der Waals surface area contributed by atoms with Crippen LogP contribution in [0.4, 0.5) is 5.69 Å². The zero-order chi connectivity index (χ0) is 22.1. The van der Waals surface area contributed by atoms with Crippen molar-refractivity contribution in [3.8, 4) is 11.5 Å². The van der Waals surface area contributed by atoms with Crippen LogP contribution in [-0.2, 0) is 16.2 Å². The number of rotatable bonds is 7. The average Bonchev–Trinajstić information content (AvgIpc) is 2.79. The van der Waals surface area contributed by atoms with Crippen molar-refractivity contribution in [1.29, 1.82) is 0 Å². The van der Waals surface area contributed by atoms with Gasteiger partial charge in [-0.25, -0.2) is 5.43 Å². The summed E-state index contributed by atoms with van der Waals surface area (Å²) in [5.41, 5.74) is 4.14. The van der Waals surface area contributed by atoms with Crippen LogP contribution in [0, 0.1) is 0 Å². The number of hydrogen-bond acceptors (Lipinski definition) is 5. The van der Waals surface area contributed by atoms with Crippen LogP contribution >= 0.6 is 11.6 Å². The van der Waals surface area contributed by atoms with Gasteiger partial charge in [-0.2, -0.15) is 5.10 Å². The van der Waals surface area contributed by atoms with E-state index in [4.69, 9.17) is 21.1 Å². The fraction of sp³-hybridized carbons (Fsp3) is 0.0870. The molecule has 2 N–H and O–H groups in total. The summed E-state index contributed by atoms with van der Waals surface area (Å²) in [5, 5.41) is 6.69. The second kappa shape index (κ2) is 10.8. The van der Waals surface area contributed by atoms with Gasteiger partial charge in [0.25, 0.3) is 0 Å². The number of ether oxygens (including phenoxy) is 2. The van der Waals surface area contributed by atoms with E-state index in [-0.39, 0.29) is 5.69 Å². The van der Waals surface area contributed by atoms with E-state index >= 15 is 0 Å². The van der Waals surface area contributed by atoms with Crippen LogP contribution in [0.1, 0.15) is 11.1 Å². The Hall–Kier alpha value is -3.84. The third kappa shape index (κ3) is 6.32. The molecular formula is C23H20ClN3O4. The fourth-order valence-electron chi connectivity index (χ4n) is 2.62. The monoisotopic (exact) mass is 437 g/mol. The number of methoxy groups -OCH3 is 1. The van der Waals surface area contributed by atoms with Gasteiger partial charge in [0.15, 0.2) is 0 Å². The number of nitrogens with zero attached hydrogens (tertiary/aromatic N) is 1. The number of para-hydroxylation sites is 1. The van der Waals surface area contributed by atoms with Crippen molar-refractivity contribution in [2.45, 2.75) is 6.61 Å². The minimum absolute atomic E-state index is 0.277. The molecule has 2 amide bonds. The quantitative estimate of drug-likeness (QED) is 0.332. The van der Waals surface area contributed by atoms with Crippen LogP contribution in [0.2, 0.25) is 5.02 Å². The van der Waals surface area contributed by atoms with Gasteiger partial charge in [-0.05, 0) is 35.9 Å². The number of nitrogens with one attached hydrogen (secondary N) is 2. The maximum absolute atomic E-state index is 12.1. The average molecular weight is 438 g/mol. The Kier molecular flexibility index (Phi) is 7.61. The van der Waals surface area contributed by atoms with Crippen LogP contribution in [0.15, 0.2) is 77.9 Å². The highest BCUT2D eigenvalue weighted by Gasteiger charge is 2.15. The van der Waals surface area contributed by atoms with E-state index in [1.165, 1.54) is 19.4 Å². The summed E-state index contributed by atoms with van der Waals surface area (Å²) in [7, 11) is 1.45. The Morgan fingerprint density at radius 2 is 1.71 bits per heavy atom. The number of halogens is 1. The summed E-state index contributed by atoms with van der Waals surface area (Å²) >= 11 is 5.93. The Labute approximate surface area is 184 Å². The van der Waals surface area contributed by atoms with Crippen molar-refractivity contribution in [2.24, 2.45) is 5.10 Å². The predicted molar refractivity (Wildman–Crippen MR) is 120 cm³/mol. The smallest absolute Gasteiger partial charge is 0.329 e. The zero-order valence-corrected chi connectivity index (χ0v) is 17.4. The molecule has 31 heavy (non-hydrogen) atoms. The topological polar surface area (TPSA) is 89.0 Å². The number of carbonyl (C=O) groups excluding carboxylic acids is 2. The van der Waals surface area contributed by atoms with Crippen molar-refractivity contribution < 1.29 is 19.1 Å². The van der Waals surface area contributed by atoms with Crippen LogP contribution in [0.3, 0.4) is 0 Å². The van der Waals surface area contributed by atoms with Crippen molar-refractivity contribution >= 4 is 35.3 Å².